The lowest BCUT2D eigenvalue weighted by molar-refractivity contribution is -0.385. The number of halogens is 1. The Hall–Kier alpha value is -2.58. The molecule has 0 heterocycles. The molecule has 2 aromatic carbocycles. The van der Waals surface area contributed by atoms with E-state index in [0.29, 0.717) is 22.9 Å². The smallest absolute Gasteiger partial charge is 0.338 e. The van der Waals surface area contributed by atoms with Crippen LogP contribution in [0, 0.1) is 17.0 Å². The Morgan fingerprint density at radius 1 is 1.22 bits per heavy atom. The zero-order valence-electron chi connectivity index (χ0n) is 14.4. The minimum absolute atomic E-state index is 0.0810. The molecule has 0 aliphatic rings. The molecule has 2 rings (SSSR count). The van der Waals surface area contributed by atoms with Gasteiger partial charge in [-0.25, -0.2) is 4.79 Å². The number of rotatable bonds is 8. The molecule has 0 aliphatic heterocycles. The summed E-state index contributed by atoms with van der Waals surface area (Å²) in [7, 11) is 0. The van der Waals surface area contributed by atoms with Crippen molar-refractivity contribution in [2.75, 3.05) is 18.9 Å². The van der Waals surface area contributed by atoms with Crippen LogP contribution in [-0.2, 0) is 9.53 Å². The molecular formula is C18H17ClN2O5S. The molecule has 142 valence electrons. The van der Waals surface area contributed by atoms with Gasteiger partial charge in [0.25, 0.3) is 11.6 Å². The lowest BCUT2D eigenvalue weighted by Crippen LogP contribution is -2.30. The molecular weight excluding hydrogens is 392 g/mol. The lowest BCUT2D eigenvalue weighted by Gasteiger charge is -2.07. The average Bonchev–Trinajstić information content (AvgIpc) is 2.64. The van der Waals surface area contributed by atoms with Crippen LogP contribution < -0.4 is 5.32 Å². The predicted molar refractivity (Wildman–Crippen MR) is 103 cm³/mol. The van der Waals surface area contributed by atoms with Crippen molar-refractivity contribution in [2.24, 2.45) is 0 Å². The number of ether oxygens (including phenoxy) is 1. The molecule has 0 saturated carbocycles. The summed E-state index contributed by atoms with van der Waals surface area (Å²) in [5.74, 6) is -0.472. The van der Waals surface area contributed by atoms with Gasteiger partial charge in [0, 0.05) is 33.8 Å². The Morgan fingerprint density at radius 3 is 2.56 bits per heavy atom. The van der Waals surface area contributed by atoms with E-state index >= 15 is 0 Å². The number of amides is 1. The van der Waals surface area contributed by atoms with E-state index in [1.54, 1.807) is 23.9 Å². The number of nitro benzene ring substituents is 1. The molecule has 1 amide bonds. The maximum Gasteiger partial charge on any atom is 0.338 e. The van der Waals surface area contributed by atoms with Gasteiger partial charge in [-0.15, -0.1) is 11.8 Å². The highest BCUT2D eigenvalue weighted by Crippen LogP contribution is 2.20. The van der Waals surface area contributed by atoms with Crippen molar-refractivity contribution < 1.29 is 19.2 Å². The molecule has 0 aliphatic carbocycles. The van der Waals surface area contributed by atoms with Gasteiger partial charge >= 0.3 is 5.97 Å². The van der Waals surface area contributed by atoms with Crippen LogP contribution in [0.3, 0.4) is 0 Å². The first-order valence-electron chi connectivity index (χ1n) is 7.94. The van der Waals surface area contributed by atoms with E-state index < -0.39 is 23.4 Å². The Kier molecular flexibility index (Phi) is 7.63. The number of hydrogen-bond acceptors (Lipinski definition) is 6. The number of esters is 1. The fourth-order valence-corrected chi connectivity index (χ4v) is 3.04. The Labute approximate surface area is 165 Å². The topological polar surface area (TPSA) is 98.5 Å². The number of carbonyl (C=O) groups is 2. The Balaban J connectivity index is 1.71. The molecule has 0 atom stereocenters. The van der Waals surface area contributed by atoms with Crippen LogP contribution >= 0.6 is 23.4 Å². The number of benzene rings is 2. The molecule has 7 nitrogen and oxygen atoms in total. The molecule has 0 aromatic heterocycles. The summed E-state index contributed by atoms with van der Waals surface area (Å²) in [6.45, 7) is 1.53. The van der Waals surface area contributed by atoms with Crippen LogP contribution in [-0.4, -0.2) is 35.7 Å². The van der Waals surface area contributed by atoms with Crippen LogP contribution in [0.15, 0.2) is 47.4 Å². The van der Waals surface area contributed by atoms with Crippen molar-refractivity contribution in [1.82, 2.24) is 5.32 Å². The van der Waals surface area contributed by atoms with Crippen LogP contribution in [0.2, 0.25) is 5.02 Å². The van der Waals surface area contributed by atoms with Crippen LogP contribution in [0.5, 0.6) is 0 Å². The van der Waals surface area contributed by atoms with Crippen molar-refractivity contribution in [3.63, 3.8) is 0 Å². The van der Waals surface area contributed by atoms with Gasteiger partial charge in [0.2, 0.25) is 0 Å². The first-order valence-corrected chi connectivity index (χ1v) is 9.30. The van der Waals surface area contributed by atoms with E-state index in [1.165, 1.54) is 25.1 Å². The van der Waals surface area contributed by atoms with Crippen LogP contribution in [0.25, 0.3) is 0 Å². The minimum Gasteiger partial charge on any atom is -0.452 e. The summed E-state index contributed by atoms with van der Waals surface area (Å²) < 4.78 is 4.93. The van der Waals surface area contributed by atoms with Crippen molar-refractivity contribution in [3.8, 4) is 0 Å². The molecule has 0 bridgehead atoms. The number of carbonyl (C=O) groups excluding carboxylic acids is 2. The highest BCUT2D eigenvalue weighted by Gasteiger charge is 2.15. The van der Waals surface area contributed by atoms with Gasteiger partial charge in [0.1, 0.15) is 0 Å². The van der Waals surface area contributed by atoms with Gasteiger partial charge in [0.15, 0.2) is 6.61 Å². The fraction of sp³-hybridized carbons (Fsp3) is 0.222. The average molecular weight is 409 g/mol. The van der Waals surface area contributed by atoms with Gasteiger partial charge in [-0.2, -0.15) is 0 Å². The second-order valence-corrected chi connectivity index (χ2v) is 7.09. The van der Waals surface area contributed by atoms with Crippen molar-refractivity contribution in [3.05, 3.63) is 68.7 Å². The van der Waals surface area contributed by atoms with Crippen LogP contribution in [0.4, 0.5) is 5.69 Å². The van der Waals surface area contributed by atoms with Crippen molar-refractivity contribution in [1.29, 1.82) is 0 Å². The minimum atomic E-state index is -0.710. The quantitative estimate of drug-likeness (QED) is 0.235. The first-order chi connectivity index (χ1) is 12.9. The van der Waals surface area contributed by atoms with Crippen molar-refractivity contribution >= 4 is 40.9 Å². The third-order valence-corrected chi connectivity index (χ3v) is 4.74. The molecule has 9 heteroatoms. The number of nitro groups is 1. The number of thioether (sulfide) groups is 1. The molecule has 27 heavy (non-hydrogen) atoms. The van der Waals surface area contributed by atoms with E-state index in [2.05, 4.69) is 5.32 Å². The highest BCUT2D eigenvalue weighted by atomic mass is 35.5. The molecule has 0 unspecified atom stereocenters. The zero-order valence-corrected chi connectivity index (χ0v) is 16.0. The maximum atomic E-state index is 11.9. The normalized spacial score (nSPS) is 10.3. The third kappa shape index (κ3) is 6.58. The van der Waals surface area contributed by atoms with Crippen LogP contribution in [0.1, 0.15) is 15.9 Å². The summed E-state index contributed by atoms with van der Waals surface area (Å²) in [4.78, 5) is 35.0. The molecule has 0 saturated heterocycles. The largest absolute Gasteiger partial charge is 0.452 e. The number of hydrogen-bond donors (Lipinski definition) is 1. The standard InChI is InChI=1S/C18H17ClN2O5S/c1-12-10-13(2-7-16(12)21(24)25)18(23)26-11-17(22)20-8-9-27-15-5-3-14(19)4-6-15/h2-7,10H,8-9,11H2,1H3,(H,20,22). The van der Waals surface area contributed by atoms with Crippen molar-refractivity contribution in [2.45, 2.75) is 11.8 Å². The lowest BCUT2D eigenvalue weighted by atomic mass is 10.1. The van der Waals surface area contributed by atoms with E-state index in [0.717, 1.165) is 4.90 Å². The van der Waals surface area contributed by atoms with Gasteiger partial charge in [0.05, 0.1) is 10.5 Å². The van der Waals surface area contributed by atoms with Gasteiger partial charge in [-0.3, -0.25) is 14.9 Å². The van der Waals surface area contributed by atoms with Gasteiger partial charge in [-0.1, -0.05) is 11.6 Å². The monoisotopic (exact) mass is 408 g/mol. The summed E-state index contributed by atoms with van der Waals surface area (Å²) >= 11 is 7.37. The zero-order chi connectivity index (χ0) is 19.8. The summed E-state index contributed by atoms with van der Waals surface area (Å²) in [6.07, 6.45) is 0. The predicted octanol–water partition coefficient (Wildman–Crippen LogP) is 3.62. The molecule has 2 aromatic rings. The second kappa shape index (κ2) is 9.94. The Morgan fingerprint density at radius 2 is 1.93 bits per heavy atom. The van der Waals surface area contributed by atoms with E-state index in [4.69, 9.17) is 16.3 Å². The maximum absolute atomic E-state index is 11.9. The number of nitrogens with one attached hydrogen (secondary N) is 1. The molecule has 0 spiro atoms. The summed E-state index contributed by atoms with van der Waals surface area (Å²) in [5.41, 5.74) is 0.421. The second-order valence-electron chi connectivity index (χ2n) is 5.49. The van der Waals surface area contributed by atoms with Gasteiger partial charge < -0.3 is 10.1 Å². The Bertz CT molecular complexity index is 842. The number of nitrogens with zero attached hydrogens (tertiary/aromatic N) is 1. The van der Waals surface area contributed by atoms with E-state index in [-0.39, 0.29) is 11.3 Å². The molecule has 0 radical (unpaired) electrons. The van der Waals surface area contributed by atoms with E-state index in [1.807, 2.05) is 12.1 Å². The first kappa shape index (κ1) is 20.7. The summed E-state index contributed by atoms with van der Waals surface area (Å²) in [6, 6.07) is 11.3. The number of aryl methyl sites for hydroxylation is 1. The molecule has 1 N–H and O–H groups in total. The van der Waals surface area contributed by atoms with E-state index in [9.17, 15) is 19.7 Å². The third-order valence-electron chi connectivity index (χ3n) is 3.47. The molecule has 0 fully saturated rings. The van der Waals surface area contributed by atoms with Gasteiger partial charge in [-0.05, 0) is 43.3 Å². The summed E-state index contributed by atoms with van der Waals surface area (Å²) in [5, 5.41) is 14.1. The SMILES string of the molecule is Cc1cc(C(=O)OCC(=O)NCCSc2ccc(Cl)cc2)ccc1[N+](=O)[O-]. The highest BCUT2D eigenvalue weighted by molar-refractivity contribution is 7.99. The fourth-order valence-electron chi connectivity index (χ4n) is 2.14.